The zero-order valence-corrected chi connectivity index (χ0v) is 22.3. The third-order valence-electron chi connectivity index (χ3n) is 5.99. The first-order valence-corrected chi connectivity index (χ1v) is 13.2. The van der Waals surface area contributed by atoms with Crippen LogP contribution in [-0.4, -0.2) is 62.2 Å². The lowest BCUT2D eigenvalue weighted by atomic mass is 10.1. The molecule has 9 heteroatoms. The summed E-state index contributed by atoms with van der Waals surface area (Å²) < 4.78 is 32.3. The first-order chi connectivity index (χ1) is 16.5. The van der Waals surface area contributed by atoms with Gasteiger partial charge in [-0.15, -0.1) is 0 Å². The van der Waals surface area contributed by atoms with Crippen molar-refractivity contribution in [1.82, 2.24) is 14.5 Å². The summed E-state index contributed by atoms with van der Waals surface area (Å²) in [5.41, 5.74) is 1.74. The van der Waals surface area contributed by atoms with Gasteiger partial charge in [0.25, 0.3) is 0 Å². The van der Waals surface area contributed by atoms with Crippen LogP contribution in [0.3, 0.4) is 0 Å². The largest absolute Gasteiger partial charge is 0.497 e. The maximum atomic E-state index is 13.5. The topological polar surface area (TPSA) is 96.0 Å². The van der Waals surface area contributed by atoms with E-state index in [4.69, 9.17) is 4.74 Å². The molecule has 0 aliphatic rings. The Bertz CT molecular complexity index is 1080. The molecule has 8 nitrogen and oxygen atoms in total. The van der Waals surface area contributed by atoms with Crippen LogP contribution in [-0.2, 0) is 26.2 Å². The minimum Gasteiger partial charge on any atom is -0.497 e. The van der Waals surface area contributed by atoms with E-state index in [1.165, 1.54) is 24.1 Å². The smallest absolute Gasteiger partial charge is 0.243 e. The van der Waals surface area contributed by atoms with Gasteiger partial charge in [-0.1, -0.05) is 43.7 Å². The summed E-state index contributed by atoms with van der Waals surface area (Å²) in [4.78, 5) is 28.1. The fourth-order valence-electron chi connectivity index (χ4n) is 3.54. The van der Waals surface area contributed by atoms with Crippen molar-refractivity contribution in [2.75, 3.05) is 20.7 Å². The number of amides is 2. The minimum atomic E-state index is -3.87. The van der Waals surface area contributed by atoms with Crippen molar-refractivity contribution in [2.45, 2.75) is 64.1 Å². The molecule has 2 aromatic rings. The number of nitrogens with zero attached hydrogens (tertiary/aromatic N) is 2. The molecule has 0 saturated heterocycles. The number of carbonyl (C=O) groups excluding carboxylic acids is 2. The number of benzene rings is 2. The number of aryl methyl sites for hydroxylation is 1. The molecule has 0 saturated carbocycles. The van der Waals surface area contributed by atoms with Gasteiger partial charge in [0, 0.05) is 19.6 Å². The van der Waals surface area contributed by atoms with Crippen molar-refractivity contribution < 1.29 is 22.7 Å². The second-order valence-corrected chi connectivity index (χ2v) is 10.7. The number of likely N-dealkylation sites (N-methyl/N-ethyl adjacent to an activating group) is 1. The molecule has 192 valence electrons. The predicted molar refractivity (Wildman–Crippen MR) is 137 cm³/mol. The summed E-state index contributed by atoms with van der Waals surface area (Å²) in [6, 6.07) is 12.9. The molecule has 2 amide bonds. The molecule has 1 N–H and O–H groups in total. The van der Waals surface area contributed by atoms with Crippen LogP contribution >= 0.6 is 0 Å². The molecule has 2 rings (SSSR count). The monoisotopic (exact) mass is 503 g/mol. The molecule has 0 aromatic heterocycles. The Morgan fingerprint density at radius 3 is 2.11 bits per heavy atom. The lowest BCUT2D eigenvalue weighted by Crippen LogP contribution is -2.53. The van der Waals surface area contributed by atoms with Crippen molar-refractivity contribution in [1.29, 1.82) is 0 Å². The maximum absolute atomic E-state index is 13.5. The molecule has 0 spiro atoms. The molecule has 0 unspecified atom stereocenters. The van der Waals surface area contributed by atoms with Crippen molar-refractivity contribution in [2.24, 2.45) is 0 Å². The Balaban J connectivity index is 2.32. The second kappa shape index (κ2) is 12.7. The SMILES string of the molecule is CC[C@H](C)NC(=O)[C@H](CC)N(Cc1ccc(OC)cc1)C(=O)CN(C)S(=O)(=O)c1ccc(C)cc1. The number of hydrogen-bond donors (Lipinski definition) is 1. The van der Waals surface area contributed by atoms with E-state index in [1.807, 2.05) is 39.8 Å². The first-order valence-electron chi connectivity index (χ1n) is 11.8. The average molecular weight is 504 g/mol. The Kier molecular flexibility index (Phi) is 10.3. The lowest BCUT2D eigenvalue weighted by Gasteiger charge is -2.32. The Hall–Kier alpha value is -2.91. The van der Waals surface area contributed by atoms with Crippen molar-refractivity contribution in [3.8, 4) is 5.75 Å². The highest BCUT2D eigenvalue weighted by Crippen LogP contribution is 2.19. The molecule has 0 fully saturated rings. The summed E-state index contributed by atoms with van der Waals surface area (Å²) in [5, 5.41) is 2.95. The molecule has 0 bridgehead atoms. The fraction of sp³-hybridized carbons (Fsp3) is 0.462. The molecular weight excluding hydrogens is 466 g/mol. The van der Waals surface area contributed by atoms with Crippen LogP contribution in [0, 0.1) is 6.92 Å². The third-order valence-corrected chi connectivity index (χ3v) is 7.80. The van der Waals surface area contributed by atoms with Crippen LogP contribution in [0.4, 0.5) is 0 Å². The van der Waals surface area contributed by atoms with Crippen LogP contribution in [0.25, 0.3) is 0 Å². The number of ether oxygens (including phenoxy) is 1. The number of rotatable bonds is 12. The highest BCUT2D eigenvalue weighted by atomic mass is 32.2. The normalized spacial score (nSPS) is 13.2. The highest BCUT2D eigenvalue weighted by Gasteiger charge is 2.32. The minimum absolute atomic E-state index is 0.0425. The Morgan fingerprint density at radius 2 is 1.60 bits per heavy atom. The van der Waals surface area contributed by atoms with E-state index in [0.717, 1.165) is 21.9 Å². The molecule has 2 atom stereocenters. The lowest BCUT2D eigenvalue weighted by molar-refractivity contribution is -0.141. The van der Waals surface area contributed by atoms with E-state index < -0.39 is 22.0 Å². The Morgan fingerprint density at radius 1 is 1.00 bits per heavy atom. The number of methoxy groups -OCH3 is 1. The summed E-state index contributed by atoms with van der Waals surface area (Å²) in [7, 11) is -0.928. The molecule has 0 aliphatic carbocycles. The van der Waals surface area contributed by atoms with Gasteiger partial charge < -0.3 is 15.0 Å². The van der Waals surface area contributed by atoms with Crippen molar-refractivity contribution >= 4 is 21.8 Å². The Labute approximate surface area is 209 Å². The number of hydrogen-bond acceptors (Lipinski definition) is 5. The van der Waals surface area contributed by atoms with E-state index >= 15 is 0 Å². The van der Waals surface area contributed by atoms with Crippen LogP contribution in [0.5, 0.6) is 5.75 Å². The van der Waals surface area contributed by atoms with E-state index in [1.54, 1.807) is 31.4 Å². The summed E-state index contributed by atoms with van der Waals surface area (Å²) in [6.45, 7) is 7.35. The fourth-order valence-corrected chi connectivity index (χ4v) is 4.67. The molecule has 2 aromatic carbocycles. The molecule has 0 heterocycles. The van der Waals surface area contributed by atoms with Gasteiger partial charge in [0.2, 0.25) is 21.8 Å². The highest BCUT2D eigenvalue weighted by molar-refractivity contribution is 7.89. The second-order valence-electron chi connectivity index (χ2n) is 8.69. The van der Waals surface area contributed by atoms with E-state index in [-0.39, 0.29) is 29.9 Å². The maximum Gasteiger partial charge on any atom is 0.243 e. The van der Waals surface area contributed by atoms with Gasteiger partial charge in [-0.2, -0.15) is 4.31 Å². The van der Waals surface area contributed by atoms with Crippen LogP contribution in [0.2, 0.25) is 0 Å². The molecule has 35 heavy (non-hydrogen) atoms. The summed E-state index contributed by atoms with van der Waals surface area (Å²) >= 11 is 0. The van der Waals surface area contributed by atoms with Crippen LogP contribution in [0.15, 0.2) is 53.4 Å². The van der Waals surface area contributed by atoms with Gasteiger partial charge in [-0.25, -0.2) is 8.42 Å². The van der Waals surface area contributed by atoms with Crippen molar-refractivity contribution in [3.05, 3.63) is 59.7 Å². The zero-order valence-electron chi connectivity index (χ0n) is 21.4. The van der Waals surface area contributed by atoms with Gasteiger partial charge in [-0.05, 0) is 56.5 Å². The number of nitrogens with one attached hydrogen (secondary N) is 1. The third kappa shape index (κ3) is 7.53. The van der Waals surface area contributed by atoms with Gasteiger partial charge >= 0.3 is 0 Å². The summed E-state index contributed by atoms with van der Waals surface area (Å²) in [6.07, 6.45) is 1.14. The molecular formula is C26H37N3O5S. The van der Waals surface area contributed by atoms with Gasteiger partial charge in [0.15, 0.2) is 0 Å². The number of sulfonamides is 1. The van der Waals surface area contributed by atoms with Gasteiger partial charge in [0.1, 0.15) is 11.8 Å². The predicted octanol–water partition coefficient (Wildman–Crippen LogP) is 3.35. The standard InChI is InChI=1S/C26H37N3O5S/c1-7-20(4)27-26(31)24(8-2)29(17-21-11-13-22(34-6)14-12-21)25(30)18-28(5)35(32,33)23-15-9-19(3)10-16-23/h9-16,20,24H,7-8,17-18H2,1-6H3,(H,27,31)/t20-,24-/m0/s1. The van der Waals surface area contributed by atoms with Crippen molar-refractivity contribution in [3.63, 3.8) is 0 Å². The van der Waals surface area contributed by atoms with Crippen LogP contribution in [0.1, 0.15) is 44.7 Å². The molecule has 0 radical (unpaired) electrons. The average Bonchev–Trinajstić information content (AvgIpc) is 2.84. The van der Waals surface area contributed by atoms with Crippen LogP contribution < -0.4 is 10.1 Å². The van der Waals surface area contributed by atoms with E-state index in [2.05, 4.69) is 5.32 Å². The zero-order chi connectivity index (χ0) is 26.2. The van der Waals surface area contributed by atoms with E-state index in [9.17, 15) is 18.0 Å². The molecule has 0 aliphatic heterocycles. The first kappa shape index (κ1) is 28.3. The van der Waals surface area contributed by atoms with Gasteiger partial charge in [0.05, 0.1) is 18.6 Å². The number of carbonyl (C=O) groups is 2. The van der Waals surface area contributed by atoms with Gasteiger partial charge in [-0.3, -0.25) is 9.59 Å². The quantitative estimate of drug-likeness (QED) is 0.479. The summed E-state index contributed by atoms with van der Waals surface area (Å²) in [5.74, 6) is -0.0324. The van der Waals surface area contributed by atoms with E-state index in [0.29, 0.717) is 12.2 Å².